The van der Waals surface area contributed by atoms with E-state index in [1.54, 1.807) is 17.7 Å². The molecule has 0 aliphatic carbocycles. The molecular formula is C23H25N5O2. The maximum absolute atomic E-state index is 13.3. The molecule has 1 aliphatic heterocycles. The van der Waals surface area contributed by atoms with Crippen molar-refractivity contribution in [3.05, 3.63) is 69.1 Å². The van der Waals surface area contributed by atoms with E-state index >= 15 is 0 Å². The number of hydrogen-bond acceptors (Lipinski definition) is 5. The summed E-state index contributed by atoms with van der Waals surface area (Å²) in [6.07, 6.45) is 3.64. The molecule has 0 unspecified atom stereocenters. The maximum atomic E-state index is 13.3. The zero-order valence-electron chi connectivity index (χ0n) is 17.0. The fourth-order valence-electron chi connectivity index (χ4n) is 3.91. The molecule has 154 valence electrons. The first-order valence-electron chi connectivity index (χ1n) is 10.2. The number of nitrogens with zero attached hydrogens (tertiary/aromatic N) is 4. The van der Waals surface area contributed by atoms with Gasteiger partial charge in [-0.15, -0.1) is 5.92 Å². The van der Waals surface area contributed by atoms with E-state index < -0.39 is 0 Å². The third-order valence-corrected chi connectivity index (χ3v) is 5.46. The first kappa shape index (κ1) is 19.9. The lowest BCUT2D eigenvalue weighted by atomic mass is 10.1. The summed E-state index contributed by atoms with van der Waals surface area (Å²) in [5.74, 6) is 6.38. The van der Waals surface area contributed by atoms with Crippen molar-refractivity contribution in [2.24, 2.45) is 5.73 Å². The molecule has 2 N–H and O–H groups in total. The molecule has 0 amide bonds. The minimum atomic E-state index is -0.380. The SMILES string of the molecule is CC#CCn1c(N2CCC[C@@H](N)C2)cc(=O)n(Cc2cc3ccccc3cn2)c1=O. The van der Waals surface area contributed by atoms with Gasteiger partial charge in [-0.05, 0) is 31.2 Å². The molecule has 0 saturated carbocycles. The van der Waals surface area contributed by atoms with Gasteiger partial charge in [0.1, 0.15) is 5.82 Å². The molecule has 1 atom stereocenters. The van der Waals surface area contributed by atoms with Crippen molar-refractivity contribution in [2.45, 2.75) is 38.9 Å². The monoisotopic (exact) mass is 403 g/mol. The summed E-state index contributed by atoms with van der Waals surface area (Å²) in [6, 6.07) is 11.3. The van der Waals surface area contributed by atoms with Gasteiger partial charge >= 0.3 is 5.69 Å². The zero-order valence-corrected chi connectivity index (χ0v) is 17.0. The quantitative estimate of drug-likeness (QED) is 0.668. The second kappa shape index (κ2) is 8.56. The summed E-state index contributed by atoms with van der Waals surface area (Å²) in [5.41, 5.74) is 6.06. The van der Waals surface area contributed by atoms with Gasteiger partial charge in [0.15, 0.2) is 0 Å². The summed E-state index contributed by atoms with van der Waals surface area (Å²) in [4.78, 5) is 32.6. The van der Waals surface area contributed by atoms with E-state index in [9.17, 15) is 9.59 Å². The van der Waals surface area contributed by atoms with Crippen LogP contribution in [0.1, 0.15) is 25.5 Å². The second-order valence-electron chi connectivity index (χ2n) is 7.59. The summed E-state index contributed by atoms with van der Waals surface area (Å²) < 4.78 is 2.79. The number of piperidine rings is 1. The fraction of sp³-hybridized carbons (Fsp3) is 0.348. The maximum Gasteiger partial charge on any atom is 0.333 e. The number of pyridine rings is 1. The minimum absolute atomic E-state index is 0.0313. The lowest BCUT2D eigenvalue weighted by Gasteiger charge is -2.33. The normalized spacial score (nSPS) is 16.3. The summed E-state index contributed by atoms with van der Waals surface area (Å²) in [6.45, 7) is 3.46. The highest BCUT2D eigenvalue weighted by Crippen LogP contribution is 2.17. The van der Waals surface area contributed by atoms with Gasteiger partial charge in [0.05, 0.1) is 18.8 Å². The Morgan fingerprint density at radius 2 is 1.97 bits per heavy atom. The van der Waals surface area contributed by atoms with Crippen LogP contribution in [0.3, 0.4) is 0 Å². The Hall–Kier alpha value is -3.37. The van der Waals surface area contributed by atoms with Crippen molar-refractivity contribution in [1.29, 1.82) is 0 Å². The van der Waals surface area contributed by atoms with Crippen molar-refractivity contribution in [1.82, 2.24) is 14.1 Å². The molecule has 2 aromatic heterocycles. The van der Waals surface area contributed by atoms with E-state index in [-0.39, 0.29) is 30.4 Å². The summed E-state index contributed by atoms with van der Waals surface area (Å²) >= 11 is 0. The molecule has 1 aliphatic rings. The van der Waals surface area contributed by atoms with Crippen LogP contribution < -0.4 is 21.9 Å². The molecule has 0 radical (unpaired) electrons. The number of hydrogen-bond donors (Lipinski definition) is 1. The number of fused-ring (bicyclic) bond motifs is 1. The standard InChI is InChI=1S/C23H25N5O2/c1-2-3-11-27-21(26-10-6-9-19(24)15-26)13-22(29)28(23(27)30)16-20-12-17-7-4-5-8-18(17)14-25-20/h4-5,7-8,12-14,19H,6,9-11,15-16,24H2,1H3/t19-/m1/s1. The summed E-state index contributed by atoms with van der Waals surface area (Å²) in [5, 5.41) is 2.03. The van der Waals surface area contributed by atoms with Gasteiger partial charge in [-0.25, -0.2) is 4.79 Å². The third-order valence-electron chi connectivity index (χ3n) is 5.46. The van der Waals surface area contributed by atoms with Crippen molar-refractivity contribution in [3.8, 4) is 11.8 Å². The Labute approximate surface area is 174 Å². The van der Waals surface area contributed by atoms with Gasteiger partial charge < -0.3 is 10.6 Å². The number of rotatable bonds is 4. The lowest BCUT2D eigenvalue weighted by Crippen LogP contribution is -2.48. The molecular weight excluding hydrogens is 378 g/mol. The number of nitrogens with two attached hydrogens (primary N) is 1. The number of aromatic nitrogens is 3. The van der Waals surface area contributed by atoms with Crippen molar-refractivity contribution in [3.63, 3.8) is 0 Å². The second-order valence-corrected chi connectivity index (χ2v) is 7.59. The van der Waals surface area contributed by atoms with Crippen LogP contribution >= 0.6 is 0 Å². The molecule has 1 saturated heterocycles. The van der Waals surface area contributed by atoms with Crippen molar-refractivity contribution >= 4 is 16.6 Å². The lowest BCUT2D eigenvalue weighted by molar-refractivity contribution is 0.491. The molecule has 3 aromatic rings. The van der Waals surface area contributed by atoms with Crippen LogP contribution in [0.15, 0.2) is 52.2 Å². The molecule has 4 rings (SSSR count). The Balaban J connectivity index is 1.76. The Bertz CT molecular complexity index is 1250. The molecule has 1 aromatic carbocycles. The predicted octanol–water partition coefficient (Wildman–Crippen LogP) is 1.56. The Morgan fingerprint density at radius 1 is 1.17 bits per heavy atom. The highest BCUT2D eigenvalue weighted by atomic mass is 16.2. The molecule has 1 fully saturated rings. The zero-order chi connectivity index (χ0) is 21.1. The van der Waals surface area contributed by atoms with E-state index in [2.05, 4.69) is 16.8 Å². The van der Waals surface area contributed by atoms with Gasteiger partial charge in [0.25, 0.3) is 5.56 Å². The Morgan fingerprint density at radius 3 is 2.73 bits per heavy atom. The number of benzene rings is 1. The van der Waals surface area contributed by atoms with E-state index in [1.807, 2.05) is 35.2 Å². The largest absolute Gasteiger partial charge is 0.356 e. The van der Waals surface area contributed by atoms with Crippen LogP contribution in [0.5, 0.6) is 0 Å². The van der Waals surface area contributed by atoms with Crippen LogP contribution in [-0.4, -0.2) is 33.2 Å². The van der Waals surface area contributed by atoms with E-state index in [0.29, 0.717) is 18.1 Å². The van der Waals surface area contributed by atoms with Gasteiger partial charge in [-0.3, -0.25) is 18.9 Å². The average Bonchev–Trinajstić information content (AvgIpc) is 2.75. The molecule has 7 nitrogen and oxygen atoms in total. The average molecular weight is 403 g/mol. The minimum Gasteiger partial charge on any atom is -0.356 e. The van der Waals surface area contributed by atoms with Crippen LogP contribution in [0.4, 0.5) is 5.82 Å². The van der Waals surface area contributed by atoms with Crippen LogP contribution in [0.2, 0.25) is 0 Å². The van der Waals surface area contributed by atoms with E-state index in [0.717, 1.165) is 30.2 Å². The van der Waals surface area contributed by atoms with E-state index in [4.69, 9.17) is 5.73 Å². The van der Waals surface area contributed by atoms with Gasteiger partial charge in [0, 0.05) is 36.8 Å². The van der Waals surface area contributed by atoms with Crippen LogP contribution in [0, 0.1) is 11.8 Å². The fourth-order valence-corrected chi connectivity index (χ4v) is 3.91. The molecule has 0 spiro atoms. The topological polar surface area (TPSA) is 86.2 Å². The van der Waals surface area contributed by atoms with E-state index in [1.165, 1.54) is 10.6 Å². The predicted molar refractivity (Wildman–Crippen MR) is 119 cm³/mol. The van der Waals surface area contributed by atoms with Crippen LogP contribution in [0.25, 0.3) is 10.8 Å². The molecule has 7 heteroatoms. The molecule has 3 heterocycles. The Kier molecular flexibility index (Phi) is 5.68. The van der Waals surface area contributed by atoms with Gasteiger partial charge in [-0.1, -0.05) is 30.2 Å². The third kappa shape index (κ3) is 4.00. The summed E-state index contributed by atoms with van der Waals surface area (Å²) in [7, 11) is 0. The van der Waals surface area contributed by atoms with Gasteiger partial charge in [-0.2, -0.15) is 0 Å². The van der Waals surface area contributed by atoms with Crippen LogP contribution in [-0.2, 0) is 13.1 Å². The first-order chi connectivity index (χ1) is 14.6. The van der Waals surface area contributed by atoms with Crippen molar-refractivity contribution in [2.75, 3.05) is 18.0 Å². The first-order valence-corrected chi connectivity index (χ1v) is 10.2. The molecule has 0 bridgehead atoms. The smallest absolute Gasteiger partial charge is 0.333 e. The van der Waals surface area contributed by atoms with Crippen molar-refractivity contribution < 1.29 is 0 Å². The number of anilines is 1. The molecule has 30 heavy (non-hydrogen) atoms. The highest BCUT2D eigenvalue weighted by Gasteiger charge is 2.22. The highest BCUT2D eigenvalue weighted by molar-refractivity contribution is 5.81. The van der Waals surface area contributed by atoms with Gasteiger partial charge in [0.2, 0.25) is 0 Å².